The molecule has 1 N–H and O–H groups in total. The van der Waals surface area contributed by atoms with Crippen molar-refractivity contribution in [1.82, 2.24) is 4.90 Å². The number of nitrogens with one attached hydrogen (secondary N) is 1. The van der Waals surface area contributed by atoms with Gasteiger partial charge in [0.25, 0.3) is 5.91 Å². The molecule has 1 aromatic heterocycles. The standard InChI is InChI=1S/C26H27BrClN3O3/c1-26(2,3)25(33)31-14-12-30(13-15-31)21-9-8-19(16-20(21)28)29-24(32)23-11-10-22(34-23)17-4-6-18(27)7-5-17/h4-11,16H,12-15H2,1-3H3,(H,29,32). The van der Waals surface area contributed by atoms with E-state index >= 15 is 0 Å². The largest absolute Gasteiger partial charge is 0.451 e. The van der Waals surface area contributed by atoms with Crippen molar-refractivity contribution in [3.8, 4) is 11.3 Å². The van der Waals surface area contributed by atoms with Crippen LogP contribution in [0.1, 0.15) is 31.3 Å². The highest BCUT2D eigenvalue weighted by Gasteiger charge is 2.30. The Bertz CT molecular complexity index is 1190. The van der Waals surface area contributed by atoms with Crippen LogP contribution in [0.2, 0.25) is 5.02 Å². The molecule has 1 saturated heterocycles. The fraction of sp³-hybridized carbons (Fsp3) is 0.308. The van der Waals surface area contributed by atoms with Gasteiger partial charge in [0, 0.05) is 47.3 Å². The lowest BCUT2D eigenvalue weighted by molar-refractivity contribution is -0.139. The Hall–Kier alpha value is -2.77. The molecule has 2 heterocycles. The molecule has 2 amide bonds. The van der Waals surface area contributed by atoms with Crippen LogP contribution in [0.15, 0.2) is 63.5 Å². The maximum atomic E-state index is 12.7. The SMILES string of the molecule is CC(C)(C)C(=O)N1CCN(c2ccc(NC(=O)c3ccc(-c4ccc(Br)cc4)o3)cc2Cl)CC1. The third kappa shape index (κ3) is 5.47. The van der Waals surface area contributed by atoms with Gasteiger partial charge in [-0.05, 0) is 42.5 Å². The second kappa shape index (κ2) is 9.84. The van der Waals surface area contributed by atoms with Gasteiger partial charge >= 0.3 is 0 Å². The number of rotatable bonds is 4. The lowest BCUT2D eigenvalue weighted by Gasteiger charge is -2.39. The number of benzene rings is 2. The van der Waals surface area contributed by atoms with E-state index < -0.39 is 0 Å². The van der Waals surface area contributed by atoms with Crippen LogP contribution < -0.4 is 10.2 Å². The number of anilines is 2. The van der Waals surface area contributed by atoms with E-state index in [-0.39, 0.29) is 23.0 Å². The first-order valence-corrected chi connectivity index (χ1v) is 12.3. The molecular weight excluding hydrogens is 518 g/mol. The molecule has 0 spiro atoms. The van der Waals surface area contributed by atoms with E-state index in [1.165, 1.54) is 0 Å². The highest BCUT2D eigenvalue weighted by atomic mass is 79.9. The predicted molar refractivity (Wildman–Crippen MR) is 139 cm³/mol. The molecule has 34 heavy (non-hydrogen) atoms. The summed E-state index contributed by atoms with van der Waals surface area (Å²) in [5.74, 6) is 0.659. The molecule has 1 aliphatic heterocycles. The number of carbonyl (C=O) groups is 2. The number of hydrogen-bond acceptors (Lipinski definition) is 4. The molecule has 6 nitrogen and oxygen atoms in total. The van der Waals surface area contributed by atoms with Gasteiger partial charge < -0.3 is 19.5 Å². The highest BCUT2D eigenvalue weighted by Crippen LogP contribution is 2.31. The van der Waals surface area contributed by atoms with E-state index in [0.29, 0.717) is 42.6 Å². The Labute approximate surface area is 213 Å². The van der Waals surface area contributed by atoms with Crippen LogP contribution in [-0.2, 0) is 4.79 Å². The summed E-state index contributed by atoms with van der Waals surface area (Å²) >= 11 is 9.97. The maximum Gasteiger partial charge on any atom is 0.291 e. The Balaban J connectivity index is 1.39. The fourth-order valence-corrected chi connectivity index (χ4v) is 4.45. The number of hydrogen-bond donors (Lipinski definition) is 1. The van der Waals surface area contributed by atoms with Gasteiger partial charge in [0.15, 0.2) is 5.76 Å². The monoisotopic (exact) mass is 543 g/mol. The number of piperazine rings is 1. The molecule has 0 saturated carbocycles. The van der Waals surface area contributed by atoms with E-state index in [1.807, 2.05) is 62.1 Å². The second-order valence-corrected chi connectivity index (χ2v) is 10.6. The van der Waals surface area contributed by atoms with Gasteiger partial charge in [-0.3, -0.25) is 9.59 Å². The van der Waals surface area contributed by atoms with Crippen molar-refractivity contribution in [2.75, 3.05) is 36.4 Å². The number of amides is 2. The van der Waals surface area contributed by atoms with Crippen LogP contribution in [0.25, 0.3) is 11.3 Å². The van der Waals surface area contributed by atoms with Crippen molar-refractivity contribution in [2.24, 2.45) is 5.41 Å². The Morgan fingerprint density at radius 3 is 2.26 bits per heavy atom. The summed E-state index contributed by atoms with van der Waals surface area (Å²) in [7, 11) is 0. The topological polar surface area (TPSA) is 65.8 Å². The van der Waals surface area contributed by atoms with Gasteiger partial charge in [0.05, 0.1) is 10.7 Å². The molecule has 8 heteroatoms. The van der Waals surface area contributed by atoms with Gasteiger partial charge in [0.1, 0.15) is 5.76 Å². The molecule has 2 aromatic carbocycles. The van der Waals surface area contributed by atoms with Crippen molar-refractivity contribution in [3.05, 3.63) is 69.9 Å². The minimum Gasteiger partial charge on any atom is -0.451 e. The summed E-state index contributed by atoms with van der Waals surface area (Å²) in [6.07, 6.45) is 0. The first-order chi connectivity index (χ1) is 16.1. The van der Waals surface area contributed by atoms with E-state index in [4.69, 9.17) is 16.0 Å². The smallest absolute Gasteiger partial charge is 0.291 e. The van der Waals surface area contributed by atoms with E-state index in [1.54, 1.807) is 18.2 Å². The summed E-state index contributed by atoms with van der Waals surface area (Å²) in [5.41, 5.74) is 1.98. The van der Waals surface area contributed by atoms with Crippen molar-refractivity contribution >= 4 is 50.7 Å². The quantitative estimate of drug-likeness (QED) is 0.418. The lowest BCUT2D eigenvalue weighted by atomic mass is 9.94. The molecule has 3 aromatic rings. The average molecular weight is 545 g/mol. The van der Waals surface area contributed by atoms with Crippen molar-refractivity contribution in [2.45, 2.75) is 20.8 Å². The van der Waals surface area contributed by atoms with Crippen molar-refractivity contribution < 1.29 is 14.0 Å². The van der Waals surface area contributed by atoms with Crippen molar-refractivity contribution in [1.29, 1.82) is 0 Å². The third-order valence-electron chi connectivity index (χ3n) is 5.71. The Kier molecular flexibility index (Phi) is 7.05. The Morgan fingerprint density at radius 1 is 0.971 bits per heavy atom. The summed E-state index contributed by atoms with van der Waals surface area (Å²) < 4.78 is 6.72. The molecule has 0 bridgehead atoms. The van der Waals surface area contributed by atoms with E-state index in [2.05, 4.69) is 26.1 Å². The van der Waals surface area contributed by atoms with Crippen LogP contribution in [0, 0.1) is 5.41 Å². The zero-order chi connectivity index (χ0) is 24.5. The van der Waals surface area contributed by atoms with Crippen LogP contribution in [0.5, 0.6) is 0 Å². The minimum atomic E-state index is -0.382. The van der Waals surface area contributed by atoms with Gasteiger partial charge in [-0.1, -0.05) is 60.4 Å². The normalized spacial score (nSPS) is 14.3. The van der Waals surface area contributed by atoms with Crippen LogP contribution in [0.3, 0.4) is 0 Å². The molecule has 4 rings (SSSR count). The zero-order valence-corrected chi connectivity index (χ0v) is 21.7. The summed E-state index contributed by atoms with van der Waals surface area (Å²) in [6, 6.07) is 16.6. The molecule has 0 radical (unpaired) electrons. The number of furan rings is 1. The first kappa shape index (κ1) is 24.4. The van der Waals surface area contributed by atoms with Crippen LogP contribution in [-0.4, -0.2) is 42.9 Å². The molecule has 0 unspecified atom stereocenters. The molecular formula is C26H27BrClN3O3. The van der Waals surface area contributed by atoms with Crippen LogP contribution >= 0.6 is 27.5 Å². The number of carbonyl (C=O) groups excluding carboxylic acids is 2. The van der Waals surface area contributed by atoms with Gasteiger partial charge in [0.2, 0.25) is 5.91 Å². The third-order valence-corrected chi connectivity index (χ3v) is 6.54. The minimum absolute atomic E-state index is 0.164. The van der Waals surface area contributed by atoms with E-state index in [9.17, 15) is 9.59 Å². The zero-order valence-electron chi connectivity index (χ0n) is 19.4. The van der Waals surface area contributed by atoms with Gasteiger partial charge in [-0.25, -0.2) is 0 Å². The second-order valence-electron chi connectivity index (χ2n) is 9.32. The van der Waals surface area contributed by atoms with E-state index in [0.717, 1.165) is 15.7 Å². The molecule has 0 atom stereocenters. The molecule has 1 fully saturated rings. The summed E-state index contributed by atoms with van der Waals surface area (Å²) in [4.78, 5) is 29.3. The Morgan fingerprint density at radius 2 is 1.65 bits per heavy atom. The predicted octanol–water partition coefficient (Wildman–Crippen LogP) is 6.31. The van der Waals surface area contributed by atoms with Crippen molar-refractivity contribution in [3.63, 3.8) is 0 Å². The summed E-state index contributed by atoms with van der Waals surface area (Å²) in [6.45, 7) is 8.55. The number of nitrogens with zero attached hydrogens (tertiary/aromatic N) is 2. The molecule has 1 aliphatic rings. The molecule has 178 valence electrons. The van der Waals surface area contributed by atoms with Crippen LogP contribution in [0.4, 0.5) is 11.4 Å². The summed E-state index contributed by atoms with van der Waals surface area (Å²) in [5, 5.41) is 3.39. The highest BCUT2D eigenvalue weighted by molar-refractivity contribution is 9.10. The molecule has 0 aliphatic carbocycles. The maximum absolute atomic E-state index is 12.7. The lowest BCUT2D eigenvalue weighted by Crippen LogP contribution is -2.51. The number of halogens is 2. The fourth-order valence-electron chi connectivity index (χ4n) is 3.89. The van der Waals surface area contributed by atoms with Gasteiger partial charge in [-0.15, -0.1) is 0 Å². The average Bonchev–Trinajstić information content (AvgIpc) is 3.29. The first-order valence-electron chi connectivity index (χ1n) is 11.1. The van der Waals surface area contributed by atoms with Gasteiger partial charge in [-0.2, -0.15) is 0 Å².